The van der Waals surface area contributed by atoms with E-state index >= 15 is 0 Å². The molecule has 1 nitrogen and oxygen atoms in total. The highest BCUT2D eigenvalue weighted by Crippen LogP contribution is 2.36. The summed E-state index contributed by atoms with van der Waals surface area (Å²) in [5, 5.41) is 0. The lowest BCUT2D eigenvalue weighted by molar-refractivity contribution is 0.0607. The minimum Gasteiger partial charge on any atom is -0.300 e. The van der Waals surface area contributed by atoms with Gasteiger partial charge in [-0.3, -0.25) is 0 Å². The van der Waals surface area contributed by atoms with Crippen molar-refractivity contribution < 1.29 is 0 Å². The van der Waals surface area contributed by atoms with Crippen LogP contribution in [-0.4, -0.2) is 24.0 Å². The van der Waals surface area contributed by atoms with E-state index in [0.29, 0.717) is 0 Å². The van der Waals surface area contributed by atoms with E-state index in [1.165, 1.54) is 38.8 Å². The molecule has 1 heterocycles. The molecule has 70 valence electrons. The Balaban J connectivity index is 1.55. The Morgan fingerprint density at radius 1 is 1.08 bits per heavy atom. The second-order valence-electron chi connectivity index (χ2n) is 4.93. The zero-order chi connectivity index (χ0) is 8.55. The Hall–Kier alpha value is -0.0400. The van der Waals surface area contributed by atoms with Crippen LogP contribution in [0.1, 0.15) is 39.5 Å². The number of nitrogens with zero attached hydrogens (tertiary/aromatic N) is 1. The third-order valence-corrected chi connectivity index (χ3v) is 3.40. The van der Waals surface area contributed by atoms with E-state index in [2.05, 4.69) is 18.7 Å². The van der Waals surface area contributed by atoms with Gasteiger partial charge in [-0.25, -0.2) is 0 Å². The highest BCUT2D eigenvalue weighted by atomic mass is 15.2. The Labute approximate surface area is 76.1 Å². The van der Waals surface area contributed by atoms with Crippen LogP contribution in [-0.2, 0) is 0 Å². The van der Waals surface area contributed by atoms with Gasteiger partial charge in [0.15, 0.2) is 0 Å². The first-order valence-corrected chi connectivity index (χ1v) is 5.49. The minimum atomic E-state index is 0.780. The summed E-state index contributed by atoms with van der Waals surface area (Å²) in [6, 6.07) is 0.780. The van der Waals surface area contributed by atoms with Gasteiger partial charge in [-0.15, -0.1) is 0 Å². The molecule has 0 N–H and O–H groups in total. The second kappa shape index (κ2) is 3.37. The van der Waals surface area contributed by atoms with E-state index in [4.69, 9.17) is 0 Å². The summed E-state index contributed by atoms with van der Waals surface area (Å²) < 4.78 is 0. The van der Waals surface area contributed by atoms with Crippen LogP contribution in [0.3, 0.4) is 0 Å². The molecule has 12 heavy (non-hydrogen) atoms. The standard InChI is InChI=1S/C11H21N/c1-9(2)12-7-11(8-12)6-5-10-3-4-10/h9-11H,3-8H2,1-2H3. The molecule has 2 rings (SSSR count). The van der Waals surface area contributed by atoms with Crippen LogP contribution in [0.2, 0.25) is 0 Å². The average molecular weight is 167 g/mol. The fraction of sp³-hybridized carbons (Fsp3) is 1.00. The van der Waals surface area contributed by atoms with Crippen molar-refractivity contribution in [2.24, 2.45) is 11.8 Å². The maximum Gasteiger partial charge on any atom is 0.00388 e. The predicted octanol–water partition coefficient (Wildman–Crippen LogP) is 2.52. The van der Waals surface area contributed by atoms with Crippen molar-refractivity contribution in [3.63, 3.8) is 0 Å². The summed E-state index contributed by atoms with van der Waals surface area (Å²) in [5.41, 5.74) is 0. The van der Waals surface area contributed by atoms with Crippen molar-refractivity contribution in [3.05, 3.63) is 0 Å². The average Bonchev–Trinajstić information content (AvgIpc) is 2.66. The number of hydrogen-bond acceptors (Lipinski definition) is 1. The molecule has 1 saturated heterocycles. The summed E-state index contributed by atoms with van der Waals surface area (Å²) in [6.45, 7) is 7.36. The van der Waals surface area contributed by atoms with Gasteiger partial charge >= 0.3 is 0 Å². The fourth-order valence-corrected chi connectivity index (χ4v) is 2.09. The van der Waals surface area contributed by atoms with Crippen LogP contribution in [0.25, 0.3) is 0 Å². The van der Waals surface area contributed by atoms with Gasteiger partial charge in [0.05, 0.1) is 0 Å². The van der Waals surface area contributed by atoms with Gasteiger partial charge in [-0.2, -0.15) is 0 Å². The molecular formula is C11H21N. The van der Waals surface area contributed by atoms with E-state index in [1.54, 1.807) is 0 Å². The first kappa shape index (κ1) is 8.55. The summed E-state index contributed by atoms with van der Waals surface area (Å²) in [4.78, 5) is 2.58. The molecule has 0 aromatic heterocycles. The van der Waals surface area contributed by atoms with Gasteiger partial charge in [-0.05, 0) is 32.1 Å². The summed E-state index contributed by atoms with van der Waals surface area (Å²) in [7, 11) is 0. The lowest BCUT2D eigenvalue weighted by atomic mass is 9.92. The van der Waals surface area contributed by atoms with Crippen molar-refractivity contribution in [2.75, 3.05) is 13.1 Å². The Bertz CT molecular complexity index is 140. The van der Waals surface area contributed by atoms with Crippen molar-refractivity contribution in [1.82, 2.24) is 4.90 Å². The molecule has 1 heteroatoms. The molecule has 0 atom stereocenters. The van der Waals surface area contributed by atoms with E-state index in [0.717, 1.165) is 17.9 Å². The number of rotatable bonds is 4. The maximum absolute atomic E-state index is 2.58. The van der Waals surface area contributed by atoms with Crippen molar-refractivity contribution in [3.8, 4) is 0 Å². The Morgan fingerprint density at radius 2 is 1.67 bits per heavy atom. The third-order valence-electron chi connectivity index (χ3n) is 3.40. The fourth-order valence-electron chi connectivity index (χ4n) is 2.09. The monoisotopic (exact) mass is 167 g/mol. The van der Waals surface area contributed by atoms with E-state index in [9.17, 15) is 0 Å². The van der Waals surface area contributed by atoms with Crippen molar-refractivity contribution in [2.45, 2.75) is 45.6 Å². The molecule has 0 bridgehead atoms. The lowest BCUT2D eigenvalue weighted by Gasteiger charge is -2.42. The topological polar surface area (TPSA) is 3.24 Å². The zero-order valence-corrected chi connectivity index (χ0v) is 8.42. The van der Waals surface area contributed by atoms with Gasteiger partial charge in [0.25, 0.3) is 0 Å². The molecular weight excluding hydrogens is 146 g/mol. The summed E-state index contributed by atoms with van der Waals surface area (Å²) >= 11 is 0. The van der Waals surface area contributed by atoms with Crippen molar-refractivity contribution in [1.29, 1.82) is 0 Å². The largest absolute Gasteiger partial charge is 0.300 e. The maximum atomic E-state index is 2.58. The quantitative estimate of drug-likeness (QED) is 0.622. The molecule has 1 aliphatic heterocycles. The normalized spacial score (nSPS) is 26.2. The van der Waals surface area contributed by atoms with Gasteiger partial charge in [-0.1, -0.05) is 19.3 Å². The number of hydrogen-bond donors (Lipinski definition) is 0. The molecule has 0 spiro atoms. The Morgan fingerprint density at radius 3 is 2.17 bits per heavy atom. The summed E-state index contributed by atoms with van der Waals surface area (Å²) in [5.74, 6) is 2.19. The predicted molar refractivity (Wildman–Crippen MR) is 52.2 cm³/mol. The molecule has 0 aromatic carbocycles. The molecule has 0 unspecified atom stereocenters. The van der Waals surface area contributed by atoms with Crippen LogP contribution in [0.15, 0.2) is 0 Å². The summed E-state index contributed by atoms with van der Waals surface area (Å²) in [6.07, 6.45) is 6.09. The smallest absolute Gasteiger partial charge is 0.00388 e. The van der Waals surface area contributed by atoms with E-state index in [-0.39, 0.29) is 0 Å². The van der Waals surface area contributed by atoms with Gasteiger partial charge in [0, 0.05) is 19.1 Å². The third kappa shape index (κ3) is 2.01. The Kier molecular flexibility index (Phi) is 2.40. The van der Waals surface area contributed by atoms with E-state index < -0.39 is 0 Å². The lowest BCUT2D eigenvalue weighted by Crippen LogP contribution is -2.50. The molecule has 0 amide bonds. The first-order valence-electron chi connectivity index (χ1n) is 5.49. The molecule has 1 saturated carbocycles. The minimum absolute atomic E-state index is 0.780. The zero-order valence-electron chi connectivity index (χ0n) is 8.42. The van der Waals surface area contributed by atoms with Gasteiger partial charge in [0.1, 0.15) is 0 Å². The van der Waals surface area contributed by atoms with Crippen LogP contribution in [0.5, 0.6) is 0 Å². The molecule has 2 aliphatic rings. The molecule has 0 aromatic rings. The highest BCUT2D eigenvalue weighted by molar-refractivity contribution is 4.84. The molecule has 0 radical (unpaired) electrons. The second-order valence-corrected chi connectivity index (χ2v) is 4.93. The van der Waals surface area contributed by atoms with Crippen molar-refractivity contribution >= 4 is 0 Å². The van der Waals surface area contributed by atoms with Crippen LogP contribution < -0.4 is 0 Å². The number of likely N-dealkylation sites (tertiary alicyclic amines) is 1. The van der Waals surface area contributed by atoms with Gasteiger partial charge in [0.2, 0.25) is 0 Å². The van der Waals surface area contributed by atoms with E-state index in [1.807, 2.05) is 0 Å². The molecule has 1 aliphatic carbocycles. The van der Waals surface area contributed by atoms with Crippen LogP contribution in [0.4, 0.5) is 0 Å². The van der Waals surface area contributed by atoms with Gasteiger partial charge < -0.3 is 4.90 Å². The highest BCUT2D eigenvalue weighted by Gasteiger charge is 2.30. The molecule has 2 fully saturated rings. The van der Waals surface area contributed by atoms with Crippen LogP contribution >= 0.6 is 0 Å². The van der Waals surface area contributed by atoms with Crippen LogP contribution in [0, 0.1) is 11.8 Å². The SMILES string of the molecule is CC(C)N1CC(CCC2CC2)C1. The first-order chi connectivity index (χ1) is 5.75.